The largest absolute Gasteiger partial charge is 0.425 e. The number of nitrogens with zero attached hydrogens (tertiary/aromatic N) is 1. The fraction of sp³-hybridized carbons (Fsp3) is 0.304. The van der Waals surface area contributed by atoms with Gasteiger partial charge >= 0.3 is 6.18 Å². The van der Waals surface area contributed by atoms with Crippen LogP contribution in [0.4, 0.5) is 13.2 Å². The van der Waals surface area contributed by atoms with E-state index in [1.807, 2.05) is 6.07 Å². The Morgan fingerprint density at radius 1 is 1.21 bits per heavy atom. The van der Waals surface area contributed by atoms with Crippen molar-refractivity contribution in [2.75, 3.05) is 6.54 Å². The van der Waals surface area contributed by atoms with E-state index in [1.165, 1.54) is 11.0 Å². The lowest BCUT2D eigenvalue weighted by molar-refractivity contribution is -0.137. The molecule has 0 saturated carbocycles. The van der Waals surface area contributed by atoms with Crippen molar-refractivity contribution in [3.05, 3.63) is 56.8 Å². The third-order valence-corrected chi connectivity index (χ3v) is 6.52. The van der Waals surface area contributed by atoms with Crippen molar-refractivity contribution in [1.29, 1.82) is 0 Å². The summed E-state index contributed by atoms with van der Waals surface area (Å²) in [4.78, 5) is 48.9. The van der Waals surface area contributed by atoms with Crippen LogP contribution in [-0.2, 0) is 33.5 Å². The van der Waals surface area contributed by atoms with Crippen molar-refractivity contribution in [3.63, 3.8) is 0 Å². The highest BCUT2D eigenvalue weighted by atomic mass is 32.1. The summed E-state index contributed by atoms with van der Waals surface area (Å²) in [6, 6.07) is 6.72. The van der Waals surface area contributed by atoms with Crippen molar-refractivity contribution in [2.45, 2.75) is 38.0 Å². The van der Waals surface area contributed by atoms with Crippen molar-refractivity contribution >= 4 is 35.0 Å². The SMILES string of the molecule is O=C(C#Cc1ccc(C(F)(F)F)s1)NCCc1ccc2c(c1)CN(C1CCC(=O)NC1=O)C2=O. The van der Waals surface area contributed by atoms with Crippen molar-refractivity contribution in [2.24, 2.45) is 0 Å². The summed E-state index contributed by atoms with van der Waals surface area (Å²) < 4.78 is 37.8. The predicted molar refractivity (Wildman–Crippen MR) is 115 cm³/mol. The number of carbonyl (C=O) groups excluding carboxylic acids is 4. The van der Waals surface area contributed by atoms with Crippen molar-refractivity contribution in [3.8, 4) is 11.8 Å². The summed E-state index contributed by atoms with van der Waals surface area (Å²) >= 11 is 0.473. The van der Waals surface area contributed by atoms with Gasteiger partial charge in [0.2, 0.25) is 11.8 Å². The Morgan fingerprint density at radius 2 is 2.00 bits per heavy atom. The molecule has 7 nitrogen and oxygen atoms in total. The smallest absolute Gasteiger partial charge is 0.345 e. The van der Waals surface area contributed by atoms with E-state index in [2.05, 4.69) is 22.5 Å². The van der Waals surface area contributed by atoms with Gasteiger partial charge in [0.05, 0.1) is 4.88 Å². The summed E-state index contributed by atoms with van der Waals surface area (Å²) in [7, 11) is 0. The molecule has 1 aromatic heterocycles. The number of amides is 4. The van der Waals surface area contributed by atoms with Crippen LogP contribution in [0.25, 0.3) is 0 Å². The van der Waals surface area contributed by atoms with Crippen LogP contribution in [0.5, 0.6) is 0 Å². The Labute approximate surface area is 196 Å². The van der Waals surface area contributed by atoms with Crippen LogP contribution < -0.4 is 10.6 Å². The van der Waals surface area contributed by atoms with Gasteiger partial charge in [-0.15, -0.1) is 11.3 Å². The number of rotatable bonds is 4. The van der Waals surface area contributed by atoms with Crippen molar-refractivity contribution < 1.29 is 32.3 Å². The molecule has 2 aliphatic heterocycles. The fourth-order valence-electron chi connectivity index (χ4n) is 3.82. The maximum Gasteiger partial charge on any atom is 0.425 e. The lowest BCUT2D eigenvalue weighted by Gasteiger charge is -2.29. The van der Waals surface area contributed by atoms with Gasteiger partial charge in [0.1, 0.15) is 10.9 Å². The van der Waals surface area contributed by atoms with Crippen LogP contribution >= 0.6 is 11.3 Å². The van der Waals surface area contributed by atoms with E-state index >= 15 is 0 Å². The van der Waals surface area contributed by atoms with Crippen LogP contribution in [0.2, 0.25) is 0 Å². The van der Waals surface area contributed by atoms with Gasteiger partial charge in [-0.3, -0.25) is 24.5 Å². The Bertz CT molecular complexity index is 1240. The van der Waals surface area contributed by atoms with Gasteiger partial charge in [0.15, 0.2) is 0 Å². The average Bonchev–Trinajstić information content (AvgIpc) is 3.37. The summed E-state index contributed by atoms with van der Waals surface area (Å²) in [6.45, 7) is 0.502. The first-order valence-corrected chi connectivity index (χ1v) is 11.2. The fourth-order valence-corrected chi connectivity index (χ4v) is 4.55. The number of alkyl halides is 3. The van der Waals surface area contributed by atoms with E-state index in [1.54, 1.807) is 12.1 Å². The molecule has 11 heteroatoms. The third kappa shape index (κ3) is 5.12. The maximum atomic E-state index is 12.7. The van der Waals surface area contributed by atoms with Crippen LogP contribution in [-0.4, -0.2) is 41.1 Å². The van der Waals surface area contributed by atoms with Gasteiger partial charge in [0.25, 0.3) is 11.8 Å². The van der Waals surface area contributed by atoms with Crippen molar-refractivity contribution in [1.82, 2.24) is 15.5 Å². The van der Waals surface area contributed by atoms with Crippen LogP contribution in [0.15, 0.2) is 30.3 Å². The number of halogens is 3. The molecule has 2 N–H and O–H groups in total. The van der Waals surface area contributed by atoms with E-state index in [-0.39, 0.29) is 42.6 Å². The maximum absolute atomic E-state index is 12.7. The zero-order chi connectivity index (χ0) is 24.5. The summed E-state index contributed by atoms with van der Waals surface area (Å²) in [6.07, 6.45) is -3.52. The van der Waals surface area contributed by atoms with Crippen LogP contribution in [0.1, 0.15) is 44.1 Å². The number of nitrogens with one attached hydrogen (secondary N) is 2. The Morgan fingerprint density at radius 3 is 2.71 bits per heavy atom. The molecule has 4 amide bonds. The van der Waals surface area contributed by atoms with Crippen LogP contribution in [0, 0.1) is 11.8 Å². The highest BCUT2D eigenvalue weighted by molar-refractivity contribution is 7.12. The van der Waals surface area contributed by atoms with E-state index in [9.17, 15) is 32.3 Å². The summed E-state index contributed by atoms with van der Waals surface area (Å²) in [5.74, 6) is 3.01. The Kier molecular flexibility index (Phi) is 6.43. The topological polar surface area (TPSA) is 95.6 Å². The van der Waals surface area contributed by atoms with E-state index < -0.39 is 28.9 Å². The number of imide groups is 1. The molecular formula is C23H18F3N3O4S. The zero-order valence-electron chi connectivity index (χ0n) is 17.6. The first-order valence-electron chi connectivity index (χ1n) is 10.3. The first-order chi connectivity index (χ1) is 16.1. The van der Waals surface area contributed by atoms with Gasteiger partial charge in [-0.05, 0) is 48.1 Å². The van der Waals surface area contributed by atoms with Gasteiger partial charge in [-0.25, -0.2) is 0 Å². The highest BCUT2D eigenvalue weighted by Gasteiger charge is 2.39. The summed E-state index contributed by atoms with van der Waals surface area (Å²) in [5.41, 5.74) is 2.12. The first kappa shape index (κ1) is 23.5. The lowest BCUT2D eigenvalue weighted by atomic mass is 10.0. The molecule has 1 saturated heterocycles. The van der Waals surface area contributed by atoms with Gasteiger partial charge in [-0.1, -0.05) is 12.1 Å². The molecule has 176 valence electrons. The number of hydrogen-bond acceptors (Lipinski definition) is 5. The quantitative estimate of drug-likeness (QED) is 0.509. The van der Waals surface area contributed by atoms with Gasteiger partial charge in [-0.2, -0.15) is 13.2 Å². The van der Waals surface area contributed by atoms with E-state index in [0.29, 0.717) is 23.3 Å². The number of benzene rings is 1. The van der Waals surface area contributed by atoms with E-state index in [0.717, 1.165) is 17.2 Å². The molecule has 1 unspecified atom stereocenters. The zero-order valence-corrected chi connectivity index (χ0v) is 18.4. The Hall–Kier alpha value is -3.65. The predicted octanol–water partition coefficient (Wildman–Crippen LogP) is 2.24. The second kappa shape index (κ2) is 9.30. The molecule has 2 aromatic rings. The molecule has 1 atom stereocenters. The summed E-state index contributed by atoms with van der Waals surface area (Å²) in [5, 5.41) is 4.85. The molecule has 1 aromatic carbocycles. The number of hydrogen-bond donors (Lipinski definition) is 2. The molecule has 0 bridgehead atoms. The van der Waals surface area contributed by atoms with Gasteiger partial charge < -0.3 is 10.2 Å². The third-order valence-electron chi connectivity index (χ3n) is 5.47. The molecule has 0 spiro atoms. The number of fused-ring (bicyclic) bond motifs is 1. The second-order valence-corrected chi connectivity index (χ2v) is 8.89. The number of carbonyl (C=O) groups is 4. The molecule has 4 rings (SSSR count). The molecule has 0 aliphatic carbocycles. The molecule has 0 radical (unpaired) electrons. The minimum Gasteiger partial charge on any atom is -0.345 e. The molecule has 2 aliphatic rings. The minimum absolute atomic E-state index is 0.145. The number of piperidine rings is 1. The van der Waals surface area contributed by atoms with E-state index in [4.69, 9.17) is 0 Å². The minimum atomic E-state index is -4.44. The average molecular weight is 489 g/mol. The van der Waals surface area contributed by atoms with Crippen LogP contribution in [0.3, 0.4) is 0 Å². The normalized spacial score (nSPS) is 17.7. The molecule has 34 heavy (non-hydrogen) atoms. The lowest BCUT2D eigenvalue weighted by Crippen LogP contribution is -2.52. The highest BCUT2D eigenvalue weighted by Crippen LogP contribution is 2.34. The second-order valence-electron chi connectivity index (χ2n) is 7.81. The van der Waals surface area contributed by atoms with Gasteiger partial charge in [0, 0.05) is 31.0 Å². The molecular weight excluding hydrogens is 471 g/mol. The molecule has 3 heterocycles. The standard InChI is InChI=1S/C23H18F3N3O4S/c24-23(25,26)18-6-2-15(34-18)3-7-19(30)27-10-9-13-1-4-16-14(11-13)12-29(22(16)33)17-5-8-20(31)28-21(17)32/h1-2,4,6,11,17H,5,8-10,12H2,(H,27,30)(H,28,31,32). The monoisotopic (exact) mass is 489 g/mol. The Balaban J connectivity index is 1.31. The molecule has 1 fully saturated rings. The number of thiophene rings is 1.